The van der Waals surface area contributed by atoms with Gasteiger partial charge in [-0.25, -0.2) is 9.18 Å². The molecule has 0 bridgehead atoms. The van der Waals surface area contributed by atoms with E-state index in [1.807, 2.05) is 0 Å². The summed E-state index contributed by atoms with van der Waals surface area (Å²) in [6, 6.07) is 5.84. The van der Waals surface area contributed by atoms with Crippen molar-refractivity contribution in [2.45, 2.75) is 19.1 Å². The molecule has 0 spiro atoms. The minimum absolute atomic E-state index is 0.0633. The fourth-order valence-electron chi connectivity index (χ4n) is 2.69. The third-order valence-electron chi connectivity index (χ3n) is 4.02. The maximum atomic E-state index is 13.1. The van der Waals surface area contributed by atoms with Crippen molar-refractivity contribution in [1.82, 2.24) is 15.1 Å². The zero-order valence-electron chi connectivity index (χ0n) is 14.4. The van der Waals surface area contributed by atoms with Crippen LogP contribution >= 0.6 is 0 Å². The van der Waals surface area contributed by atoms with E-state index in [4.69, 9.17) is 0 Å². The Balaban J connectivity index is 1.59. The summed E-state index contributed by atoms with van der Waals surface area (Å²) >= 11 is 0. The van der Waals surface area contributed by atoms with E-state index in [0.29, 0.717) is 44.7 Å². The third kappa shape index (κ3) is 7.57. The minimum atomic E-state index is -4.29. The molecule has 1 saturated heterocycles. The summed E-state index contributed by atoms with van der Waals surface area (Å²) in [7, 11) is 0. The van der Waals surface area contributed by atoms with Crippen molar-refractivity contribution in [3.8, 4) is 0 Å². The summed E-state index contributed by atoms with van der Waals surface area (Å²) in [6.07, 6.45) is -3.77. The fraction of sp³-hybridized carbons (Fsp3) is 0.588. The number of carbonyl (C=O) groups excluding carboxylic acids is 1. The van der Waals surface area contributed by atoms with Crippen LogP contribution in [-0.4, -0.2) is 67.9 Å². The summed E-state index contributed by atoms with van der Waals surface area (Å²) in [6.45, 7) is 2.14. The number of rotatable bonds is 7. The highest BCUT2D eigenvalue weighted by atomic mass is 19.4. The Labute approximate surface area is 149 Å². The van der Waals surface area contributed by atoms with Gasteiger partial charge in [-0.15, -0.1) is 0 Å². The number of hydrogen-bond acceptors (Lipinski definition) is 3. The molecule has 9 heteroatoms. The molecule has 0 aliphatic carbocycles. The van der Waals surface area contributed by atoms with Gasteiger partial charge in [-0.2, -0.15) is 13.2 Å². The Morgan fingerprint density at radius 3 is 2.58 bits per heavy atom. The van der Waals surface area contributed by atoms with Crippen LogP contribution in [0.3, 0.4) is 0 Å². The second-order valence-electron chi connectivity index (χ2n) is 6.14. The summed E-state index contributed by atoms with van der Waals surface area (Å²) in [5.74, 6) is -0.343. The molecule has 1 aromatic rings. The number of carbonyl (C=O) groups is 1. The van der Waals surface area contributed by atoms with Crippen molar-refractivity contribution in [2.24, 2.45) is 0 Å². The van der Waals surface area contributed by atoms with Crippen LogP contribution in [0.25, 0.3) is 0 Å². The maximum absolute atomic E-state index is 13.1. The average Bonchev–Trinajstić information content (AvgIpc) is 2.59. The molecule has 0 unspecified atom stereocenters. The average molecular weight is 377 g/mol. The van der Waals surface area contributed by atoms with Crippen LogP contribution in [0.1, 0.15) is 12.0 Å². The zero-order valence-corrected chi connectivity index (χ0v) is 14.4. The number of urea groups is 1. The summed E-state index contributed by atoms with van der Waals surface area (Å²) in [5.41, 5.74) is 0.691. The van der Waals surface area contributed by atoms with Gasteiger partial charge in [0.05, 0.1) is 0 Å². The second-order valence-corrected chi connectivity index (χ2v) is 6.14. The van der Waals surface area contributed by atoms with E-state index in [1.54, 1.807) is 17.0 Å². The topological polar surface area (TPSA) is 44.8 Å². The van der Waals surface area contributed by atoms with E-state index in [2.05, 4.69) is 15.0 Å². The van der Waals surface area contributed by atoms with Crippen molar-refractivity contribution in [3.63, 3.8) is 0 Å². The van der Waals surface area contributed by atoms with Gasteiger partial charge in [0.1, 0.15) is 12.4 Å². The maximum Gasteiger partial charge on any atom is 0.411 e. The summed E-state index contributed by atoms with van der Waals surface area (Å²) < 4.78 is 53.5. The molecule has 0 radical (unpaired) electrons. The first-order chi connectivity index (χ1) is 12.3. The van der Waals surface area contributed by atoms with Gasteiger partial charge in [0.25, 0.3) is 0 Å². The Morgan fingerprint density at radius 2 is 1.92 bits per heavy atom. The predicted molar refractivity (Wildman–Crippen MR) is 88.1 cm³/mol. The van der Waals surface area contributed by atoms with Crippen LogP contribution in [0.4, 0.5) is 22.4 Å². The van der Waals surface area contributed by atoms with Gasteiger partial charge in [0.2, 0.25) is 0 Å². The molecule has 0 saturated carbocycles. The number of hydrogen-bond donors (Lipinski definition) is 1. The lowest BCUT2D eigenvalue weighted by molar-refractivity contribution is -0.174. The lowest BCUT2D eigenvalue weighted by Crippen LogP contribution is -2.51. The number of piperazine rings is 1. The highest BCUT2D eigenvalue weighted by Gasteiger charge is 2.27. The Kier molecular flexibility index (Phi) is 7.65. The van der Waals surface area contributed by atoms with Crippen LogP contribution < -0.4 is 5.32 Å². The van der Waals surface area contributed by atoms with Gasteiger partial charge in [-0.1, -0.05) is 12.1 Å². The van der Waals surface area contributed by atoms with Crippen LogP contribution in [0.15, 0.2) is 24.3 Å². The van der Waals surface area contributed by atoms with E-state index < -0.39 is 12.8 Å². The van der Waals surface area contributed by atoms with Crippen molar-refractivity contribution in [1.29, 1.82) is 0 Å². The quantitative estimate of drug-likeness (QED) is 0.587. The summed E-state index contributed by atoms with van der Waals surface area (Å²) in [4.78, 5) is 15.9. The van der Waals surface area contributed by atoms with Crippen LogP contribution in [0, 0.1) is 5.82 Å². The largest absolute Gasteiger partial charge is 0.411 e. The normalized spacial score (nSPS) is 15.9. The Hall–Kier alpha value is -1.87. The van der Waals surface area contributed by atoms with E-state index >= 15 is 0 Å². The van der Waals surface area contributed by atoms with Gasteiger partial charge < -0.3 is 15.0 Å². The molecule has 26 heavy (non-hydrogen) atoms. The van der Waals surface area contributed by atoms with Gasteiger partial charge in [-0.3, -0.25) is 4.90 Å². The molecule has 2 rings (SSSR count). The van der Waals surface area contributed by atoms with Crippen LogP contribution in [0.5, 0.6) is 0 Å². The van der Waals surface area contributed by atoms with Crippen molar-refractivity contribution in [2.75, 3.05) is 45.9 Å². The first-order valence-electron chi connectivity index (χ1n) is 8.47. The molecular formula is C17H23F4N3O2. The lowest BCUT2D eigenvalue weighted by atomic mass is 10.2. The SMILES string of the molecule is O=C(NCc1cccc(F)c1)N1CCN(CCCOCC(F)(F)F)CC1. The lowest BCUT2D eigenvalue weighted by Gasteiger charge is -2.34. The molecule has 1 heterocycles. The fourth-order valence-corrected chi connectivity index (χ4v) is 2.69. The Bertz CT molecular complexity index is 575. The van der Waals surface area contributed by atoms with Crippen LogP contribution in [-0.2, 0) is 11.3 Å². The summed E-state index contributed by atoms with van der Waals surface area (Å²) in [5, 5.41) is 2.76. The Morgan fingerprint density at radius 1 is 1.19 bits per heavy atom. The number of nitrogens with one attached hydrogen (secondary N) is 1. The molecule has 1 aliphatic heterocycles. The second kappa shape index (κ2) is 9.72. The van der Waals surface area contributed by atoms with Gasteiger partial charge in [0, 0.05) is 45.9 Å². The number of amides is 2. The van der Waals surface area contributed by atoms with Crippen molar-refractivity contribution in [3.05, 3.63) is 35.6 Å². The van der Waals surface area contributed by atoms with Crippen molar-refractivity contribution >= 4 is 6.03 Å². The monoisotopic (exact) mass is 377 g/mol. The van der Waals surface area contributed by atoms with Gasteiger partial charge in [-0.05, 0) is 24.1 Å². The predicted octanol–water partition coefficient (Wildman–Crippen LogP) is 2.62. The molecule has 146 valence electrons. The first-order valence-corrected chi connectivity index (χ1v) is 8.47. The smallest absolute Gasteiger partial charge is 0.372 e. The van der Waals surface area contributed by atoms with Gasteiger partial charge >= 0.3 is 12.2 Å². The molecule has 5 nitrogen and oxygen atoms in total. The molecule has 1 aliphatic rings. The van der Waals surface area contributed by atoms with Crippen molar-refractivity contribution < 1.29 is 27.1 Å². The highest BCUT2D eigenvalue weighted by Crippen LogP contribution is 2.14. The van der Waals surface area contributed by atoms with E-state index in [0.717, 1.165) is 0 Å². The number of benzene rings is 1. The van der Waals surface area contributed by atoms with E-state index in [9.17, 15) is 22.4 Å². The number of ether oxygens (including phenoxy) is 1. The molecule has 1 fully saturated rings. The van der Waals surface area contributed by atoms with E-state index in [-0.39, 0.29) is 25.0 Å². The minimum Gasteiger partial charge on any atom is -0.372 e. The molecular weight excluding hydrogens is 354 g/mol. The zero-order chi connectivity index (χ0) is 19.0. The molecule has 2 amide bonds. The molecule has 1 aromatic carbocycles. The number of alkyl halides is 3. The standard InChI is InChI=1S/C17H23F4N3O2/c18-15-4-1-3-14(11-15)12-22-16(25)24-8-6-23(7-9-24)5-2-10-26-13-17(19,20)21/h1,3-4,11H,2,5-10,12-13H2,(H,22,25). The van der Waals surface area contributed by atoms with E-state index in [1.165, 1.54) is 12.1 Å². The number of halogens is 4. The highest BCUT2D eigenvalue weighted by molar-refractivity contribution is 5.74. The molecule has 0 atom stereocenters. The first kappa shape index (κ1) is 20.4. The molecule has 0 aromatic heterocycles. The number of nitrogens with zero attached hydrogens (tertiary/aromatic N) is 2. The van der Waals surface area contributed by atoms with Crippen LogP contribution in [0.2, 0.25) is 0 Å². The van der Waals surface area contributed by atoms with Gasteiger partial charge in [0.15, 0.2) is 0 Å². The molecule has 1 N–H and O–H groups in total. The third-order valence-corrected chi connectivity index (χ3v) is 4.02.